The van der Waals surface area contributed by atoms with Gasteiger partial charge in [0.05, 0.1) is 28.9 Å². The van der Waals surface area contributed by atoms with Crippen molar-refractivity contribution in [2.24, 2.45) is 5.73 Å². The number of carbonyl (C=O) groups is 3. The molecule has 0 aliphatic carbocycles. The highest BCUT2D eigenvalue weighted by molar-refractivity contribution is 6.06. The molecule has 2 aromatic carbocycles. The highest BCUT2D eigenvalue weighted by Crippen LogP contribution is 2.41. The van der Waals surface area contributed by atoms with Crippen LogP contribution in [0.3, 0.4) is 0 Å². The number of primary amides is 1. The lowest BCUT2D eigenvalue weighted by Crippen LogP contribution is -2.56. The van der Waals surface area contributed by atoms with E-state index in [4.69, 9.17) is 11.0 Å². The van der Waals surface area contributed by atoms with E-state index in [1.165, 1.54) is 9.80 Å². The summed E-state index contributed by atoms with van der Waals surface area (Å²) in [5.41, 5.74) is 8.02. The van der Waals surface area contributed by atoms with Crippen LogP contribution in [-0.4, -0.2) is 35.8 Å². The van der Waals surface area contributed by atoms with E-state index >= 15 is 0 Å². The van der Waals surface area contributed by atoms with Gasteiger partial charge in [0.15, 0.2) is 0 Å². The van der Waals surface area contributed by atoms with E-state index in [0.717, 1.165) is 0 Å². The Bertz CT molecular complexity index is 1170. The fraction of sp³-hybridized carbons (Fsp3) is 0.217. The lowest BCUT2D eigenvalue weighted by molar-refractivity contribution is -0.121. The first kappa shape index (κ1) is 21.1. The lowest BCUT2D eigenvalue weighted by Gasteiger charge is -2.45. The van der Waals surface area contributed by atoms with Crippen molar-refractivity contribution in [2.45, 2.75) is 19.1 Å². The first-order valence-electron chi connectivity index (χ1n) is 10.00. The molecule has 0 saturated carbocycles. The molecular weight excluding hydrogens is 413 g/mol. The fourth-order valence-corrected chi connectivity index (χ4v) is 4.14. The van der Waals surface area contributed by atoms with Crippen LogP contribution in [0, 0.1) is 11.3 Å². The number of amides is 4. The largest absolute Gasteiger partial charge is 0.368 e. The predicted molar refractivity (Wildman–Crippen MR) is 114 cm³/mol. The lowest BCUT2D eigenvalue weighted by atomic mass is 9.88. The molecule has 0 spiro atoms. The third kappa shape index (κ3) is 3.67. The predicted octanol–water partition coefficient (Wildman–Crippen LogP) is 2.27. The smallest absolute Gasteiger partial charge is 0.330 e. The highest BCUT2D eigenvalue weighted by Gasteiger charge is 2.45. The minimum atomic E-state index is -0.862. The molecule has 1 atom stereocenters. The van der Waals surface area contributed by atoms with Crippen LogP contribution in [0.15, 0.2) is 59.8 Å². The summed E-state index contributed by atoms with van der Waals surface area (Å²) in [4.78, 5) is 41.1. The number of hydrogen-bond donors (Lipinski definition) is 2. The van der Waals surface area contributed by atoms with Crippen LogP contribution in [0.25, 0.3) is 0 Å². The molecule has 1 unspecified atom stereocenters. The van der Waals surface area contributed by atoms with E-state index in [0.29, 0.717) is 46.6 Å². The number of alkyl halides is 1. The van der Waals surface area contributed by atoms with E-state index in [2.05, 4.69) is 5.32 Å². The third-order valence-corrected chi connectivity index (χ3v) is 5.50. The maximum Gasteiger partial charge on any atom is 0.330 e. The highest BCUT2D eigenvalue weighted by atomic mass is 19.1. The van der Waals surface area contributed by atoms with Gasteiger partial charge < -0.3 is 16.0 Å². The molecule has 2 aliphatic rings. The summed E-state index contributed by atoms with van der Waals surface area (Å²) in [5.74, 6) is -1.11. The second-order valence-corrected chi connectivity index (χ2v) is 7.52. The summed E-state index contributed by atoms with van der Waals surface area (Å²) in [5, 5.41) is 11.9. The van der Waals surface area contributed by atoms with Crippen molar-refractivity contribution < 1.29 is 18.8 Å². The van der Waals surface area contributed by atoms with Gasteiger partial charge in [-0.05, 0) is 35.4 Å². The minimum Gasteiger partial charge on any atom is -0.368 e. The maximum atomic E-state index is 13.7. The van der Waals surface area contributed by atoms with Gasteiger partial charge in [0.2, 0.25) is 5.91 Å². The zero-order chi connectivity index (χ0) is 22.8. The summed E-state index contributed by atoms with van der Waals surface area (Å²) < 4.78 is 13.3. The molecule has 2 aliphatic heterocycles. The number of benzene rings is 2. The van der Waals surface area contributed by atoms with Gasteiger partial charge in [0.25, 0.3) is 5.91 Å². The summed E-state index contributed by atoms with van der Waals surface area (Å²) in [6, 6.07) is 13.5. The van der Waals surface area contributed by atoms with Gasteiger partial charge in [0, 0.05) is 18.7 Å². The first-order chi connectivity index (χ1) is 15.4. The summed E-state index contributed by atoms with van der Waals surface area (Å²) >= 11 is 0. The molecule has 9 heteroatoms. The van der Waals surface area contributed by atoms with Crippen molar-refractivity contribution in [1.29, 1.82) is 5.26 Å². The van der Waals surface area contributed by atoms with E-state index in [9.17, 15) is 18.8 Å². The van der Waals surface area contributed by atoms with E-state index in [1.807, 2.05) is 6.07 Å². The van der Waals surface area contributed by atoms with E-state index < -0.39 is 31.2 Å². The Morgan fingerprint density at radius 2 is 1.97 bits per heavy atom. The van der Waals surface area contributed by atoms with Crippen LogP contribution in [0.1, 0.15) is 29.2 Å². The van der Waals surface area contributed by atoms with Crippen LogP contribution >= 0.6 is 0 Å². The quantitative estimate of drug-likeness (QED) is 0.752. The van der Waals surface area contributed by atoms with Crippen LogP contribution in [0.5, 0.6) is 0 Å². The Morgan fingerprint density at radius 1 is 1.22 bits per heavy atom. The molecule has 4 rings (SSSR count). The zero-order valence-corrected chi connectivity index (χ0v) is 17.0. The number of urea groups is 1. The third-order valence-electron chi connectivity index (χ3n) is 5.50. The molecule has 2 aromatic rings. The first-order valence-corrected chi connectivity index (χ1v) is 10.00. The molecule has 0 bridgehead atoms. The van der Waals surface area contributed by atoms with Crippen molar-refractivity contribution in [3.8, 4) is 6.07 Å². The molecular formula is C23H20FN5O3. The number of rotatable bonds is 5. The normalized spacial score (nSPS) is 18.2. The monoisotopic (exact) mass is 433 g/mol. The number of nitrogens with zero attached hydrogens (tertiary/aromatic N) is 3. The number of carbonyl (C=O) groups excluding carboxylic acids is 3. The number of nitrogens with two attached hydrogens (primary N) is 1. The van der Waals surface area contributed by atoms with Gasteiger partial charge in [-0.25, -0.2) is 9.18 Å². The average Bonchev–Trinajstić information content (AvgIpc) is 2.80. The Labute approximate surface area is 183 Å². The van der Waals surface area contributed by atoms with Gasteiger partial charge in [-0.3, -0.25) is 14.5 Å². The maximum absolute atomic E-state index is 13.7. The number of hydrogen-bond acceptors (Lipinski definition) is 4. The number of nitriles is 1. The summed E-state index contributed by atoms with van der Waals surface area (Å²) in [7, 11) is 0. The van der Waals surface area contributed by atoms with Gasteiger partial charge in [-0.2, -0.15) is 5.26 Å². The van der Waals surface area contributed by atoms with Crippen molar-refractivity contribution in [3.63, 3.8) is 0 Å². The Morgan fingerprint density at radius 3 is 2.62 bits per heavy atom. The molecule has 0 saturated heterocycles. The molecule has 3 N–H and O–H groups in total. The fourth-order valence-electron chi connectivity index (χ4n) is 4.14. The van der Waals surface area contributed by atoms with E-state index in [-0.39, 0.29) is 5.91 Å². The number of nitrogens with one attached hydrogen (secondary N) is 1. The summed E-state index contributed by atoms with van der Waals surface area (Å²) in [6.07, 6.45) is 0.379. The topological polar surface area (TPSA) is 120 Å². The number of halogens is 1. The molecule has 162 valence electrons. The minimum absolute atomic E-state index is 0.312. The standard InChI is InChI=1S/C23H20FN5O3/c24-11-15-2-1-3-17(10-15)29-18-8-9-27-22(31)20(18)21(28(23(29)32)13-19(26)30)16-6-4-14(12-25)5-7-16/h1-7,10,21H,8-9,11,13H2,(H2,26,30)(H,27,31). The van der Waals surface area contributed by atoms with E-state index in [1.54, 1.807) is 48.5 Å². The molecule has 8 nitrogen and oxygen atoms in total. The van der Waals surface area contributed by atoms with Gasteiger partial charge in [-0.15, -0.1) is 0 Å². The van der Waals surface area contributed by atoms with Crippen LogP contribution < -0.4 is 16.0 Å². The molecule has 32 heavy (non-hydrogen) atoms. The van der Waals surface area contributed by atoms with Crippen molar-refractivity contribution in [1.82, 2.24) is 10.2 Å². The van der Waals surface area contributed by atoms with Gasteiger partial charge in [-0.1, -0.05) is 24.3 Å². The second-order valence-electron chi connectivity index (χ2n) is 7.52. The molecule has 0 radical (unpaired) electrons. The van der Waals surface area contributed by atoms with Crippen LogP contribution in [0.4, 0.5) is 14.9 Å². The molecule has 0 aromatic heterocycles. The van der Waals surface area contributed by atoms with Crippen LogP contribution in [0.2, 0.25) is 0 Å². The average molecular weight is 433 g/mol. The Balaban J connectivity index is 1.93. The Kier molecular flexibility index (Phi) is 5.60. The molecule has 4 amide bonds. The van der Waals surface area contributed by atoms with Crippen molar-refractivity contribution in [3.05, 3.63) is 76.5 Å². The molecule has 0 fully saturated rings. The van der Waals surface area contributed by atoms with Crippen molar-refractivity contribution in [2.75, 3.05) is 18.0 Å². The van der Waals surface area contributed by atoms with Crippen LogP contribution in [-0.2, 0) is 16.3 Å². The van der Waals surface area contributed by atoms with Gasteiger partial charge in [0.1, 0.15) is 13.2 Å². The van der Waals surface area contributed by atoms with Crippen molar-refractivity contribution >= 4 is 23.5 Å². The zero-order valence-electron chi connectivity index (χ0n) is 17.0. The number of anilines is 1. The second kappa shape index (κ2) is 8.51. The Hall–Kier alpha value is -4.19. The SMILES string of the molecule is N#Cc1ccc(C2C3=C(CCNC3=O)N(c3cccc(CF)c3)C(=O)N2CC(N)=O)cc1. The summed E-state index contributed by atoms with van der Waals surface area (Å²) in [6.45, 7) is -0.797. The molecule has 2 heterocycles. The van der Waals surface area contributed by atoms with Gasteiger partial charge >= 0.3 is 6.03 Å².